The highest BCUT2D eigenvalue weighted by Gasteiger charge is 2.09. The fourth-order valence-corrected chi connectivity index (χ4v) is 2.18. The van der Waals surface area contributed by atoms with Crippen molar-refractivity contribution in [2.24, 2.45) is 4.99 Å². The summed E-state index contributed by atoms with van der Waals surface area (Å²) in [6, 6.07) is 11.3. The third-order valence-corrected chi connectivity index (χ3v) is 3.28. The third-order valence-electron chi connectivity index (χ3n) is 2.97. The highest BCUT2D eigenvalue weighted by Crippen LogP contribution is 2.28. The molecule has 0 aliphatic carbocycles. The predicted molar refractivity (Wildman–Crippen MR) is 78.6 cm³/mol. The van der Waals surface area contributed by atoms with Gasteiger partial charge in [-0.05, 0) is 30.3 Å². The fourth-order valence-electron chi connectivity index (χ4n) is 1.99. The molecule has 20 heavy (non-hydrogen) atoms. The van der Waals surface area contributed by atoms with Gasteiger partial charge in [-0.1, -0.05) is 23.7 Å². The molecule has 0 unspecified atom stereocenters. The summed E-state index contributed by atoms with van der Waals surface area (Å²) in [5, 5.41) is 10.9. The van der Waals surface area contributed by atoms with E-state index in [0.29, 0.717) is 27.2 Å². The lowest BCUT2D eigenvalue weighted by Crippen LogP contribution is -1.80. The Kier molecular flexibility index (Phi) is 3.16. The van der Waals surface area contributed by atoms with Gasteiger partial charge in [0.15, 0.2) is 5.88 Å². The fraction of sp³-hybridized carbons (Fsp3) is 0. The number of aliphatic imine (C=N–C) groups is 1. The van der Waals surface area contributed by atoms with E-state index in [0.717, 1.165) is 0 Å². The average Bonchev–Trinajstić information content (AvgIpc) is 2.73. The number of aromatic hydroxyl groups is 1. The van der Waals surface area contributed by atoms with Crippen molar-refractivity contribution in [2.45, 2.75) is 0 Å². The molecule has 3 nitrogen and oxygen atoms in total. The van der Waals surface area contributed by atoms with Crippen LogP contribution in [-0.2, 0) is 0 Å². The van der Waals surface area contributed by atoms with Crippen LogP contribution in [0.25, 0.3) is 10.9 Å². The number of aromatic nitrogens is 1. The molecule has 0 aliphatic rings. The summed E-state index contributed by atoms with van der Waals surface area (Å²) in [7, 11) is 0. The minimum absolute atomic E-state index is 0.0543. The summed E-state index contributed by atoms with van der Waals surface area (Å²) in [5.74, 6) is -0.426. The minimum atomic E-state index is -0.371. The van der Waals surface area contributed by atoms with Crippen LogP contribution in [0.3, 0.4) is 0 Å². The van der Waals surface area contributed by atoms with Crippen LogP contribution < -0.4 is 0 Å². The van der Waals surface area contributed by atoms with Gasteiger partial charge in [0.1, 0.15) is 5.82 Å². The van der Waals surface area contributed by atoms with Gasteiger partial charge in [-0.3, -0.25) is 4.99 Å². The number of fused-ring (bicyclic) bond motifs is 1. The van der Waals surface area contributed by atoms with Gasteiger partial charge < -0.3 is 10.1 Å². The first-order chi connectivity index (χ1) is 9.65. The molecule has 0 aliphatic heterocycles. The molecule has 100 valence electrons. The molecule has 5 heteroatoms. The zero-order valence-electron chi connectivity index (χ0n) is 10.3. The Bertz CT molecular complexity index is 811. The van der Waals surface area contributed by atoms with Crippen molar-refractivity contribution in [3.63, 3.8) is 0 Å². The molecule has 1 aromatic heterocycles. The van der Waals surface area contributed by atoms with E-state index in [-0.39, 0.29) is 11.7 Å². The van der Waals surface area contributed by atoms with Crippen molar-refractivity contribution < 1.29 is 9.50 Å². The summed E-state index contributed by atoms with van der Waals surface area (Å²) in [5.41, 5.74) is 1.66. The standard InChI is InChI=1S/C15H10ClFN2O/c16-12-3-1-2-4-14(12)18-8-11-10-7-9(17)5-6-13(10)19-15(11)20/h1-8,19-20H. The van der Waals surface area contributed by atoms with Gasteiger partial charge in [-0.25, -0.2) is 4.39 Å². The predicted octanol–water partition coefficient (Wildman–Crippen LogP) is 4.42. The maximum Gasteiger partial charge on any atom is 0.198 e. The van der Waals surface area contributed by atoms with Gasteiger partial charge in [-0.2, -0.15) is 0 Å². The summed E-state index contributed by atoms with van der Waals surface area (Å²) in [6.07, 6.45) is 1.47. The molecule has 0 radical (unpaired) electrons. The third kappa shape index (κ3) is 2.26. The summed E-state index contributed by atoms with van der Waals surface area (Å²) in [4.78, 5) is 7.00. The molecule has 1 heterocycles. The first kappa shape index (κ1) is 12.7. The molecule has 2 N–H and O–H groups in total. The number of H-pyrrole nitrogens is 1. The molecule has 0 saturated heterocycles. The number of nitrogens with zero attached hydrogens (tertiary/aromatic N) is 1. The van der Waals surface area contributed by atoms with Gasteiger partial charge >= 0.3 is 0 Å². The van der Waals surface area contributed by atoms with E-state index in [2.05, 4.69) is 9.98 Å². The smallest absolute Gasteiger partial charge is 0.198 e. The molecule has 0 fully saturated rings. The number of rotatable bonds is 2. The maximum atomic E-state index is 13.3. The highest BCUT2D eigenvalue weighted by molar-refractivity contribution is 6.33. The molecule has 3 rings (SSSR count). The second-order valence-corrected chi connectivity index (χ2v) is 4.69. The Morgan fingerprint density at radius 3 is 2.80 bits per heavy atom. The molecule has 0 spiro atoms. The maximum absolute atomic E-state index is 13.3. The molecule has 3 aromatic rings. The number of nitrogens with one attached hydrogen (secondary N) is 1. The van der Waals surface area contributed by atoms with Crippen LogP contribution in [0.4, 0.5) is 10.1 Å². The first-order valence-electron chi connectivity index (χ1n) is 5.94. The van der Waals surface area contributed by atoms with E-state index in [1.165, 1.54) is 18.3 Å². The molecular formula is C15H10ClFN2O. The number of halogens is 2. The average molecular weight is 289 g/mol. The summed E-state index contributed by atoms with van der Waals surface area (Å²) in [6.45, 7) is 0. The van der Waals surface area contributed by atoms with E-state index in [4.69, 9.17) is 11.6 Å². The lowest BCUT2D eigenvalue weighted by Gasteiger charge is -1.97. The Morgan fingerprint density at radius 2 is 2.00 bits per heavy atom. The van der Waals surface area contributed by atoms with Crippen LogP contribution in [0.5, 0.6) is 5.88 Å². The summed E-state index contributed by atoms with van der Waals surface area (Å²) < 4.78 is 13.3. The van der Waals surface area contributed by atoms with Crippen molar-refractivity contribution in [1.82, 2.24) is 4.98 Å². The molecule has 2 aromatic carbocycles. The minimum Gasteiger partial charge on any atom is -0.494 e. The number of hydrogen-bond donors (Lipinski definition) is 2. The Labute approximate surface area is 119 Å². The van der Waals surface area contributed by atoms with Crippen molar-refractivity contribution >= 4 is 34.4 Å². The number of para-hydroxylation sites is 1. The van der Waals surface area contributed by atoms with E-state index in [1.807, 2.05) is 6.07 Å². The van der Waals surface area contributed by atoms with Gasteiger partial charge in [0, 0.05) is 17.1 Å². The number of aromatic amines is 1. The van der Waals surface area contributed by atoms with Gasteiger partial charge in [0.05, 0.1) is 16.3 Å². The topological polar surface area (TPSA) is 48.4 Å². The van der Waals surface area contributed by atoms with Crippen LogP contribution in [0.2, 0.25) is 5.02 Å². The largest absolute Gasteiger partial charge is 0.494 e. The van der Waals surface area contributed by atoms with Crippen LogP contribution in [0.1, 0.15) is 5.56 Å². The Balaban J connectivity index is 2.09. The quantitative estimate of drug-likeness (QED) is 0.674. The van der Waals surface area contributed by atoms with Crippen molar-refractivity contribution in [1.29, 1.82) is 0 Å². The number of benzene rings is 2. The Morgan fingerprint density at radius 1 is 1.20 bits per heavy atom. The molecule has 0 saturated carbocycles. The summed E-state index contributed by atoms with van der Waals surface area (Å²) >= 11 is 6.00. The van der Waals surface area contributed by atoms with E-state index in [9.17, 15) is 9.50 Å². The second kappa shape index (κ2) is 4.98. The highest BCUT2D eigenvalue weighted by atomic mass is 35.5. The van der Waals surface area contributed by atoms with E-state index >= 15 is 0 Å². The van der Waals surface area contributed by atoms with Crippen LogP contribution >= 0.6 is 11.6 Å². The van der Waals surface area contributed by atoms with Crippen molar-refractivity contribution in [2.75, 3.05) is 0 Å². The second-order valence-electron chi connectivity index (χ2n) is 4.29. The number of hydrogen-bond acceptors (Lipinski definition) is 2. The molecular weight excluding hydrogens is 279 g/mol. The van der Waals surface area contributed by atoms with Gasteiger partial charge in [-0.15, -0.1) is 0 Å². The van der Waals surface area contributed by atoms with Crippen LogP contribution in [0, 0.1) is 5.82 Å². The molecule has 0 amide bonds. The Hall–Kier alpha value is -2.33. The van der Waals surface area contributed by atoms with Gasteiger partial charge in [0.2, 0.25) is 0 Å². The van der Waals surface area contributed by atoms with Crippen molar-refractivity contribution in [3.05, 3.63) is 58.9 Å². The van der Waals surface area contributed by atoms with E-state index in [1.54, 1.807) is 24.3 Å². The molecule has 0 atom stereocenters. The zero-order chi connectivity index (χ0) is 14.1. The van der Waals surface area contributed by atoms with Crippen LogP contribution in [0.15, 0.2) is 47.5 Å². The van der Waals surface area contributed by atoms with Crippen molar-refractivity contribution in [3.8, 4) is 5.88 Å². The normalized spacial score (nSPS) is 11.5. The lowest BCUT2D eigenvalue weighted by atomic mass is 10.2. The van der Waals surface area contributed by atoms with E-state index < -0.39 is 0 Å². The lowest BCUT2D eigenvalue weighted by molar-refractivity contribution is 0.457. The molecule has 0 bridgehead atoms. The van der Waals surface area contributed by atoms with Gasteiger partial charge in [0.25, 0.3) is 0 Å². The SMILES string of the molecule is Oc1[nH]c2ccc(F)cc2c1C=Nc1ccccc1Cl. The first-order valence-corrected chi connectivity index (χ1v) is 6.32. The monoisotopic (exact) mass is 288 g/mol. The van der Waals surface area contributed by atoms with Crippen LogP contribution in [-0.4, -0.2) is 16.3 Å². The zero-order valence-corrected chi connectivity index (χ0v) is 11.0.